The fraction of sp³-hybridized carbons (Fsp3) is 0.429. The van der Waals surface area contributed by atoms with Gasteiger partial charge >= 0.3 is 0 Å². The summed E-state index contributed by atoms with van der Waals surface area (Å²) in [6, 6.07) is 16.8. The predicted molar refractivity (Wildman–Crippen MR) is 173 cm³/mol. The molecular formula is C35H41N5O4S. The lowest BCUT2D eigenvalue weighted by molar-refractivity contribution is -0.134. The first-order chi connectivity index (χ1) is 21.8. The van der Waals surface area contributed by atoms with Crippen molar-refractivity contribution in [3.05, 3.63) is 90.0 Å². The van der Waals surface area contributed by atoms with E-state index in [1.165, 1.54) is 11.1 Å². The van der Waals surface area contributed by atoms with Crippen LogP contribution in [0.2, 0.25) is 0 Å². The van der Waals surface area contributed by atoms with E-state index in [4.69, 9.17) is 4.74 Å². The minimum absolute atomic E-state index is 0.0128. The molecular weight excluding hydrogens is 586 g/mol. The highest BCUT2D eigenvalue weighted by Gasteiger charge is 2.40. The van der Waals surface area contributed by atoms with Gasteiger partial charge in [0, 0.05) is 76.0 Å². The maximum atomic E-state index is 14.2. The number of carbonyl (C=O) groups excluding carboxylic acids is 1. The van der Waals surface area contributed by atoms with E-state index in [-0.39, 0.29) is 23.3 Å². The Bertz CT molecular complexity index is 1820. The standard InChI is InChI=1S/C35H41N5O4S/c1-37(29-5-3-6-30(21-29)39-16-13-27-23-36-14-12-28(27)24-39)35(41)22-34-33-7-4-15-38(33)17-18-40(34)45(42,43)32-11-9-25-19-31(44-2)10-8-26(25)20-32/h4,7-12,14-15,19-20,23,29-30,34H,3,5-6,13,16-18,21-22,24H2,1-2H3/t29-,30-,34?/m0/s1. The molecule has 2 aliphatic heterocycles. The number of pyridine rings is 1. The number of methoxy groups -OCH3 is 1. The average Bonchev–Trinajstić information content (AvgIpc) is 3.57. The highest BCUT2D eigenvalue weighted by molar-refractivity contribution is 7.89. The van der Waals surface area contributed by atoms with Gasteiger partial charge in [-0.05, 0) is 96.5 Å². The summed E-state index contributed by atoms with van der Waals surface area (Å²) in [6.07, 6.45) is 11.1. The zero-order chi connectivity index (χ0) is 31.1. The predicted octanol–water partition coefficient (Wildman–Crippen LogP) is 5.01. The molecule has 1 fully saturated rings. The molecule has 0 N–H and O–H groups in total. The van der Waals surface area contributed by atoms with Gasteiger partial charge in [0.15, 0.2) is 0 Å². The summed E-state index contributed by atoms with van der Waals surface area (Å²) >= 11 is 0. The molecule has 236 valence electrons. The van der Waals surface area contributed by atoms with Crippen LogP contribution >= 0.6 is 0 Å². The first-order valence-corrected chi connectivity index (χ1v) is 17.4. The molecule has 9 nitrogen and oxygen atoms in total. The monoisotopic (exact) mass is 627 g/mol. The molecule has 1 saturated carbocycles. The van der Waals surface area contributed by atoms with Gasteiger partial charge in [-0.25, -0.2) is 8.42 Å². The molecule has 10 heteroatoms. The number of amides is 1. The Labute approximate surface area is 265 Å². The van der Waals surface area contributed by atoms with E-state index in [1.807, 2.05) is 66.9 Å². The van der Waals surface area contributed by atoms with Gasteiger partial charge in [0.1, 0.15) is 5.75 Å². The molecule has 7 rings (SSSR count). The number of hydrogen-bond acceptors (Lipinski definition) is 6. The number of nitrogens with zero attached hydrogens (tertiary/aromatic N) is 5. The van der Waals surface area contributed by atoms with Crippen LogP contribution in [0.4, 0.5) is 0 Å². The van der Waals surface area contributed by atoms with Crippen molar-refractivity contribution in [1.82, 2.24) is 23.7 Å². The van der Waals surface area contributed by atoms with Gasteiger partial charge in [0.05, 0.1) is 18.0 Å². The highest BCUT2D eigenvalue weighted by atomic mass is 32.2. The maximum absolute atomic E-state index is 14.2. The molecule has 0 radical (unpaired) electrons. The minimum Gasteiger partial charge on any atom is -0.497 e. The number of sulfonamides is 1. The lowest BCUT2D eigenvalue weighted by Gasteiger charge is -2.43. The quantitative estimate of drug-likeness (QED) is 0.287. The van der Waals surface area contributed by atoms with Crippen molar-refractivity contribution < 1.29 is 17.9 Å². The number of rotatable bonds is 7. The lowest BCUT2D eigenvalue weighted by Crippen LogP contribution is -2.49. The highest BCUT2D eigenvalue weighted by Crippen LogP contribution is 2.37. The SMILES string of the molecule is COc1ccc2cc(S(=O)(=O)N3CCn4cccc4C3CC(=O)N(C)[C@H]3CCC[C@H](N4CCc5cnccc5C4)C3)ccc2c1. The van der Waals surface area contributed by atoms with Gasteiger partial charge in [-0.1, -0.05) is 12.1 Å². The average molecular weight is 628 g/mol. The van der Waals surface area contributed by atoms with Gasteiger partial charge < -0.3 is 14.2 Å². The third-order valence-electron chi connectivity index (χ3n) is 10.2. The van der Waals surface area contributed by atoms with E-state index < -0.39 is 16.1 Å². The zero-order valence-corrected chi connectivity index (χ0v) is 26.8. The largest absolute Gasteiger partial charge is 0.497 e. The third-order valence-corrected chi connectivity index (χ3v) is 12.1. The van der Waals surface area contributed by atoms with E-state index >= 15 is 0 Å². The fourth-order valence-corrected chi connectivity index (χ4v) is 9.23. The summed E-state index contributed by atoms with van der Waals surface area (Å²) in [7, 11) is -0.354. The molecule has 2 aromatic carbocycles. The van der Waals surface area contributed by atoms with Crippen molar-refractivity contribution in [3.8, 4) is 5.75 Å². The van der Waals surface area contributed by atoms with Crippen LogP contribution in [-0.2, 0) is 34.3 Å². The molecule has 4 aromatic rings. The summed E-state index contributed by atoms with van der Waals surface area (Å²) in [5.74, 6) is 0.710. The number of hydrogen-bond donors (Lipinski definition) is 0. The van der Waals surface area contributed by atoms with E-state index in [2.05, 4.69) is 20.5 Å². The summed E-state index contributed by atoms with van der Waals surface area (Å²) < 4.78 is 37.4. The fourth-order valence-electron chi connectivity index (χ4n) is 7.61. The Morgan fingerprint density at radius 3 is 2.73 bits per heavy atom. The van der Waals surface area contributed by atoms with Crippen molar-refractivity contribution >= 4 is 26.7 Å². The molecule has 3 aliphatic rings. The second-order valence-electron chi connectivity index (χ2n) is 12.7. The first-order valence-electron chi connectivity index (χ1n) is 16.0. The summed E-state index contributed by atoms with van der Waals surface area (Å²) in [6.45, 7) is 2.80. The van der Waals surface area contributed by atoms with Crippen molar-refractivity contribution in [3.63, 3.8) is 0 Å². The van der Waals surface area contributed by atoms with Crippen molar-refractivity contribution in [2.75, 3.05) is 27.2 Å². The Kier molecular flexibility index (Phi) is 8.14. The Morgan fingerprint density at radius 2 is 1.87 bits per heavy atom. The van der Waals surface area contributed by atoms with Crippen LogP contribution in [0.1, 0.15) is 55.0 Å². The Hall–Kier alpha value is -3.73. The van der Waals surface area contributed by atoms with E-state index in [9.17, 15) is 13.2 Å². The van der Waals surface area contributed by atoms with Gasteiger partial charge in [0.25, 0.3) is 0 Å². The van der Waals surface area contributed by atoms with Crippen LogP contribution in [0, 0.1) is 0 Å². The first kappa shape index (κ1) is 30.0. The summed E-state index contributed by atoms with van der Waals surface area (Å²) in [5, 5.41) is 1.73. The van der Waals surface area contributed by atoms with Gasteiger partial charge in [-0.15, -0.1) is 0 Å². The van der Waals surface area contributed by atoms with Crippen LogP contribution in [0.15, 0.2) is 78.1 Å². The lowest BCUT2D eigenvalue weighted by atomic mass is 9.87. The molecule has 4 heterocycles. The summed E-state index contributed by atoms with van der Waals surface area (Å²) in [4.78, 5) is 23.0. The molecule has 0 spiro atoms. The summed E-state index contributed by atoms with van der Waals surface area (Å²) in [5.41, 5.74) is 3.56. The molecule has 1 amide bonds. The molecule has 0 bridgehead atoms. The molecule has 3 atom stereocenters. The van der Waals surface area contributed by atoms with Crippen LogP contribution in [0.3, 0.4) is 0 Å². The van der Waals surface area contributed by atoms with Crippen molar-refractivity contribution in [1.29, 1.82) is 0 Å². The van der Waals surface area contributed by atoms with E-state index in [1.54, 1.807) is 23.5 Å². The molecule has 1 unspecified atom stereocenters. The number of aromatic nitrogens is 2. The van der Waals surface area contributed by atoms with Crippen molar-refractivity contribution in [2.24, 2.45) is 0 Å². The van der Waals surface area contributed by atoms with Crippen LogP contribution in [-0.4, -0.2) is 77.3 Å². The van der Waals surface area contributed by atoms with E-state index in [0.29, 0.717) is 19.1 Å². The topological polar surface area (TPSA) is 88.0 Å². The smallest absolute Gasteiger partial charge is 0.243 e. The van der Waals surface area contributed by atoms with Gasteiger partial charge in [0.2, 0.25) is 15.9 Å². The van der Waals surface area contributed by atoms with Crippen LogP contribution in [0.5, 0.6) is 5.75 Å². The van der Waals surface area contributed by atoms with Gasteiger partial charge in [-0.3, -0.25) is 14.7 Å². The number of benzene rings is 2. The molecule has 45 heavy (non-hydrogen) atoms. The maximum Gasteiger partial charge on any atom is 0.243 e. The van der Waals surface area contributed by atoms with E-state index in [0.717, 1.165) is 67.4 Å². The Morgan fingerprint density at radius 1 is 1.02 bits per heavy atom. The van der Waals surface area contributed by atoms with Crippen LogP contribution < -0.4 is 4.74 Å². The third kappa shape index (κ3) is 5.75. The Balaban J connectivity index is 1.09. The molecule has 2 aromatic heterocycles. The molecule has 1 aliphatic carbocycles. The second-order valence-corrected chi connectivity index (χ2v) is 14.6. The number of carbonyl (C=O) groups is 1. The van der Waals surface area contributed by atoms with Gasteiger partial charge in [-0.2, -0.15) is 4.31 Å². The number of fused-ring (bicyclic) bond motifs is 3. The van der Waals surface area contributed by atoms with Crippen LogP contribution in [0.25, 0.3) is 10.8 Å². The van der Waals surface area contributed by atoms with Crippen molar-refractivity contribution in [2.45, 2.75) is 74.6 Å². The molecule has 0 saturated heterocycles. The normalized spacial score (nSPS) is 22.5. The second kappa shape index (κ2) is 12.2. The number of ether oxygens (including phenoxy) is 1. The zero-order valence-electron chi connectivity index (χ0n) is 26.0. The minimum atomic E-state index is -3.88.